The lowest BCUT2D eigenvalue weighted by Crippen LogP contribution is -2.33. The van der Waals surface area contributed by atoms with Crippen LogP contribution in [0.1, 0.15) is 6.23 Å². The molecule has 6 nitrogen and oxygen atoms in total. The summed E-state index contributed by atoms with van der Waals surface area (Å²) in [4.78, 5) is 4.16. The van der Waals surface area contributed by atoms with Gasteiger partial charge in [-0.1, -0.05) is 23.2 Å². The van der Waals surface area contributed by atoms with E-state index in [4.69, 9.17) is 33.0 Å². The van der Waals surface area contributed by atoms with Crippen molar-refractivity contribution in [2.45, 2.75) is 24.5 Å². The third-order valence-electron chi connectivity index (χ3n) is 3.41. The SMILES string of the molecule is OCC1OC(n2cnc3cc(Cl)c(Cl)cc32)[C@@H](O)[C@H]1O. The molecule has 3 rings (SSSR count). The number of imidazole rings is 1. The van der Waals surface area contributed by atoms with Crippen LogP contribution in [0.25, 0.3) is 11.0 Å². The molecule has 20 heavy (non-hydrogen) atoms. The first-order valence-corrected chi connectivity index (χ1v) is 6.72. The molecule has 3 N–H and O–H groups in total. The average Bonchev–Trinajstić information content (AvgIpc) is 2.94. The molecule has 1 aliphatic heterocycles. The average molecular weight is 319 g/mol. The third kappa shape index (κ3) is 2.09. The minimum atomic E-state index is -1.17. The molecule has 2 unspecified atom stereocenters. The standard InChI is InChI=1S/C12H12Cl2N2O4/c13-5-1-7-8(2-6(5)14)16(4-15-7)12-11(19)10(18)9(3-17)20-12/h1-2,4,9-12,17-19H,3H2/t9?,10-,11-,12?/m0/s1. The van der Waals surface area contributed by atoms with Gasteiger partial charge in [0, 0.05) is 0 Å². The van der Waals surface area contributed by atoms with E-state index in [9.17, 15) is 10.2 Å². The zero-order valence-electron chi connectivity index (χ0n) is 10.1. The lowest BCUT2D eigenvalue weighted by atomic mass is 10.1. The van der Waals surface area contributed by atoms with Gasteiger partial charge in [-0.15, -0.1) is 0 Å². The van der Waals surface area contributed by atoms with Gasteiger partial charge in [0.1, 0.15) is 18.3 Å². The van der Waals surface area contributed by atoms with E-state index in [0.29, 0.717) is 21.1 Å². The normalized spacial score (nSPS) is 30.2. The quantitative estimate of drug-likeness (QED) is 0.767. The molecule has 1 aromatic heterocycles. The molecule has 0 amide bonds. The Morgan fingerprint density at radius 2 is 1.90 bits per heavy atom. The minimum absolute atomic E-state index is 0.354. The number of nitrogens with zero attached hydrogens (tertiary/aromatic N) is 2. The molecular formula is C12H12Cl2N2O4. The Hall–Kier alpha value is -0.890. The molecule has 108 valence electrons. The van der Waals surface area contributed by atoms with E-state index in [1.807, 2.05) is 0 Å². The van der Waals surface area contributed by atoms with Crippen LogP contribution in [-0.2, 0) is 4.74 Å². The van der Waals surface area contributed by atoms with E-state index in [1.54, 1.807) is 16.7 Å². The van der Waals surface area contributed by atoms with E-state index in [1.165, 1.54) is 6.33 Å². The van der Waals surface area contributed by atoms with Gasteiger partial charge in [-0.05, 0) is 12.1 Å². The van der Waals surface area contributed by atoms with Gasteiger partial charge >= 0.3 is 0 Å². The predicted octanol–water partition coefficient (Wildman–Crippen LogP) is 0.955. The van der Waals surface area contributed by atoms with Gasteiger partial charge in [0.2, 0.25) is 0 Å². The molecule has 0 aliphatic carbocycles. The Morgan fingerprint density at radius 1 is 1.20 bits per heavy atom. The first-order chi connectivity index (χ1) is 9.52. The second-order valence-corrected chi connectivity index (χ2v) is 5.45. The number of aliphatic hydroxyl groups excluding tert-OH is 3. The van der Waals surface area contributed by atoms with Crippen molar-refractivity contribution in [1.29, 1.82) is 0 Å². The van der Waals surface area contributed by atoms with Gasteiger partial charge in [-0.2, -0.15) is 0 Å². The van der Waals surface area contributed by atoms with E-state index >= 15 is 0 Å². The molecule has 0 bridgehead atoms. The van der Waals surface area contributed by atoms with Gasteiger partial charge in [-0.3, -0.25) is 0 Å². The van der Waals surface area contributed by atoms with Gasteiger partial charge in [-0.25, -0.2) is 4.98 Å². The van der Waals surface area contributed by atoms with Crippen molar-refractivity contribution in [1.82, 2.24) is 9.55 Å². The van der Waals surface area contributed by atoms with Crippen LogP contribution in [0.4, 0.5) is 0 Å². The van der Waals surface area contributed by atoms with Gasteiger partial charge in [0.15, 0.2) is 6.23 Å². The Kier molecular flexibility index (Phi) is 3.62. The molecule has 0 spiro atoms. The summed E-state index contributed by atoms with van der Waals surface area (Å²) in [6, 6.07) is 3.22. The fraction of sp³-hybridized carbons (Fsp3) is 0.417. The van der Waals surface area contributed by atoms with Crippen LogP contribution in [0, 0.1) is 0 Å². The smallest absolute Gasteiger partial charge is 0.164 e. The highest BCUT2D eigenvalue weighted by molar-refractivity contribution is 6.42. The number of aliphatic hydroxyl groups is 3. The summed E-state index contributed by atoms with van der Waals surface area (Å²) in [6.45, 7) is -0.381. The Labute approximate surface area is 124 Å². The zero-order chi connectivity index (χ0) is 14.4. The van der Waals surface area contributed by atoms with Crippen molar-refractivity contribution < 1.29 is 20.1 Å². The molecule has 2 heterocycles. The minimum Gasteiger partial charge on any atom is -0.394 e. The first-order valence-electron chi connectivity index (χ1n) is 5.97. The molecule has 1 aromatic carbocycles. The summed E-state index contributed by atoms with van der Waals surface area (Å²) in [5.74, 6) is 0. The third-order valence-corrected chi connectivity index (χ3v) is 4.13. The van der Waals surface area contributed by atoms with Crippen LogP contribution < -0.4 is 0 Å². The van der Waals surface area contributed by atoms with Crippen molar-refractivity contribution in [3.05, 3.63) is 28.5 Å². The van der Waals surface area contributed by atoms with Crippen molar-refractivity contribution in [2.24, 2.45) is 0 Å². The maximum absolute atomic E-state index is 10.0. The number of benzene rings is 1. The van der Waals surface area contributed by atoms with E-state index in [2.05, 4.69) is 4.98 Å². The molecule has 4 atom stereocenters. The van der Waals surface area contributed by atoms with E-state index in [-0.39, 0.29) is 6.61 Å². The van der Waals surface area contributed by atoms with Crippen LogP contribution in [0.15, 0.2) is 18.5 Å². The number of aromatic nitrogens is 2. The fourth-order valence-corrected chi connectivity index (χ4v) is 2.65. The first kappa shape index (κ1) is 14.1. The highest BCUT2D eigenvalue weighted by Crippen LogP contribution is 2.34. The number of hydrogen-bond donors (Lipinski definition) is 3. The summed E-state index contributed by atoms with van der Waals surface area (Å²) < 4.78 is 7.01. The number of hydrogen-bond acceptors (Lipinski definition) is 5. The van der Waals surface area contributed by atoms with Gasteiger partial charge in [0.25, 0.3) is 0 Å². The second kappa shape index (κ2) is 5.14. The molecule has 1 fully saturated rings. The zero-order valence-corrected chi connectivity index (χ0v) is 11.7. The van der Waals surface area contributed by atoms with Crippen LogP contribution in [0.2, 0.25) is 10.0 Å². The predicted molar refractivity (Wildman–Crippen MR) is 72.8 cm³/mol. The highest BCUT2D eigenvalue weighted by Gasteiger charge is 2.43. The summed E-state index contributed by atoms with van der Waals surface area (Å²) in [5.41, 5.74) is 1.21. The summed E-state index contributed by atoms with van der Waals surface area (Å²) >= 11 is 11.9. The lowest BCUT2D eigenvalue weighted by molar-refractivity contribution is -0.0508. The fourth-order valence-electron chi connectivity index (χ4n) is 2.34. The van der Waals surface area contributed by atoms with Crippen LogP contribution in [0.5, 0.6) is 0 Å². The van der Waals surface area contributed by atoms with Crippen molar-refractivity contribution in [2.75, 3.05) is 6.61 Å². The van der Waals surface area contributed by atoms with Crippen LogP contribution in [-0.4, -0.2) is 49.8 Å². The number of rotatable bonds is 2. The second-order valence-electron chi connectivity index (χ2n) is 4.64. The van der Waals surface area contributed by atoms with Crippen LogP contribution in [0.3, 0.4) is 0 Å². The highest BCUT2D eigenvalue weighted by atomic mass is 35.5. The largest absolute Gasteiger partial charge is 0.394 e. The Morgan fingerprint density at radius 3 is 2.55 bits per heavy atom. The molecular weight excluding hydrogens is 307 g/mol. The van der Waals surface area contributed by atoms with Crippen LogP contribution >= 0.6 is 23.2 Å². The number of halogens is 2. The molecule has 0 saturated carbocycles. The van der Waals surface area contributed by atoms with Gasteiger partial charge < -0.3 is 24.6 Å². The molecule has 8 heteroatoms. The number of fused-ring (bicyclic) bond motifs is 1. The number of ether oxygens (including phenoxy) is 1. The lowest BCUT2D eigenvalue weighted by Gasteiger charge is -2.17. The van der Waals surface area contributed by atoms with Crippen molar-refractivity contribution in [3.8, 4) is 0 Å². The molecule has 1 aliphatic rings. The summed E-state index contributed by atoms with van der Waals surface area (Å²) in [6.07, 6.45) is -2.54. The maximum atomic E-state index is 10.0. The molecule has 1 saturated heterocycles. The van der Waals surface area contributed by atoms with E-state index < -0.39 is 24.5 Å². The molecule has 2 aromatic rings. The Balaban J connectivity index is 2.05. The molecule has 0 radical (unpaired) electrons. The maximum Gasteiger partial charge on any atom is 0.164 e. The topological polar surface area (TPSA) is 87.7 Å². The van der Waals surface area contributed by atoms with Gasteiger partial charge in [0.05, 0.1) is 34.0 Å². The Bertz CT molecular complexity index is 648. The monoisotopic (exact) mass is 318 g/mol. The van der Waals surface area contributed by atoms with Crippen molar-refractivity contribution >= 4 is 34.2 Å². The summed E-state index contributed by atoms with van der Waals surface area (Å²) in [7, 11) is 0. The van der Waals surface area contributed by atoms with E-state index in [0.717, 1.165) is 0 Å². The summed E-state index contributed by atoms with van der Waals surface area (Å²) in [5, 5.41) is 29.6. The van der Waals surface area contributed by atoms with Crippen molar-refractivity contribution in [3.63, 3.8) is 0 Å².